The van der Waals surface area contributed by atoms with Crippen molar-refractivity contribution in [3.05, 3.63) is 0 Å². The van der Waals surface area contributed by atoms with Crippen LogP contribution in [-0.2, 0) is 65.4 Å². The zero-order chi connectivity index (χ0) is 64.9. The van der Waals surface area contributed by atoms with Crippen LogP contribution in [0.5, 0.6) is 0 Å². The van der Waals surface area contributed by atoms with E-state index in [4.69, 9.17) is 37.0 Å². The van der Waals surface area contributed by atoms with Crippen LogP contribution in [0, 0.1) is 5.92 Å². The van der Waals surface area contributed by atoms with Gasteiger partial charge in [-0.25, -0.2) is 9.13 Å². The zero-order valence-corrected chi connectivity index (χ0v) is 58.6. The van der Waals surface area contributed by atoms with Gasteiger partial charge in [0.2, 0.25) is 0 Å². The van der Waals surface area contributed by atoms with Crippen LogP contribution in [0.25, 0.3) is 0 Å². The van der Waals surface area contributed by atoms with E-state index in [1.54, 1.807) is 0 Å². The van der Waals surface area contributed by atoms with E-state index in [1.807, 2.05) is 0 Å². The third-order valence-electron chi connectivity index (χ3n) is 16.0. The minimum atomic E-state index is -4.95. The molecule has 0 saturated heterocycles. The number of carbonyl (C=O) groups excluding carboxylic acids is 4. The molecule has 0 fully saturated rings. The fraction of sp³-hybridized carbons (Fsp3) is 0.942. The predicted octanol–water partition coefficient (Wildman–Crippen LogP) is 19.7. The summed E-state index contributed by atoms with van der Waals surface area (Å²) in [6.45, 7) is 7.16. The number of ether oxygens (including phenoxy) is 4. The molecular formula is C69H134O17P2. The Morgan fingerprint density at radius 2 is 0.523 bits per heavy atom. The van der Waals surface area contributed by atoms with Gasteiger partial charge in [-0.3, -0.25) is 37.3 Å². The van der Waals surface area contributed by atoms with Gasteiger partial charge in [-0.1, -0.05) is 304 Å². The molecule has 0 radical (unpaired) electrons. The van der Waals surface area contributed by atoms with Crippen LogP contribution in [0.15, 0.2) is 0 Å². The van der Waals surface area contributed by atoms with Gasteiger partial charge in [-0.05, 0) is 31.6 Å². The molecule has 0 aromatic carbocycles. The molecule has 0 spiro atoms. The van der Waals surface area contributed by atoms with Crippen molar-refractivity contribution < 1.29 is 80.2 Å². The summed E-state index contributed by atoms with van der Waals surface area (Å²) in [5, 5.41) is 10.6. The van der Waals surface area contributed by atoms with Crippen molar-refractivity contribution in [3.8, 4) is 0 Å². The van der Waals surface area contributed by atoms with E-state index in [9.17, 15) is 43.2 Å². The van der Waals surface area contributed by atoms with E-state index in [1.165, 1.54) is 167 Å². The minimum Gasteiger partial charge on any atom is -0.462 e. The van der Waals surface area contributed by atoms with Gasteiger partial charge in [0, 0.05) is 25.7 Å². The summed E-state index contributed by atoms with van der Waals surface area (Å²) in [4.78, 5) is 72.3. The second-order valence-corrected chi connectivity index (χ2v) is 28.3. The van der Waals surface area contributed by atoms with Crippen molar-refractivity contribution in [2.75, 3.05) is 39.6 Å². The number of aliphatic hydroxyl groups excluding tert-OH is 1. The number of rotatable bonds is 69. The smallest absolute Gasteiger partial charge is 0.462 e. The first-order valence-corrected chi connectivity index (χ1v) is 39.1. The standard InChI is InChI=1S/C69H134O17P2/c1-6-9-12-15-18-20-22-24-25-26-27-28-29-31-33-39-44-49-54-68(73)85-65(59-80-67(72)53-48-43-38-32-30-23-21-19-16-13-10-7-2)61-84-88(77,78)82-57-63(70)56-81-87(75,76)83-60-64(58-79-66(71)52-47-42-36-17-14-11-8-3)86-69(74)55-50-45-40-35-34-37-41-46-51-62(4)5/h62-65,70H,6-61H2,1-5H3,(H,75,76)(H,77,78)/t63-,64+,65+/m0/s1. The van der Waals surface area contributed by atoms with Gasteiger partial charge in [0.15, 0.2) is 12.2 Å². The molecule has 0 amide bonds. The summed E-state index contributed by atoms with van der Waals surface area (Å²) in [5.74, 6) is -1.41. The van der Waals surface area contributed by atoms with Crippen molar-refractivity contribution in [2.45, 2.75) is 374 Å². The molecule has 5 atom stereocenters. The van der Waals surface area contributed by atoms with Gasteiger partial charge < -0.3 is 33.8 Å². The van der Waals surface area contributed by atoms with Gasteiger partial charge in [0.1, 0.15) is 19.3 Å². The summed E-state index contributed by atoms with van der Waals surface area (Å²) in [6, 6.07) is 0. The van der Waals surface area contributed by atoms with E-state index < -0.39 is 97.5 Å². The molecule has 0 bridgehead atoms. The van der Waals surface area contributed by atoms with Crippen LogP contribution in [0.1, 0.15) is 356 Å². The molecule has 2 unspecified atom stereocenters. The number of carbonyl (C=O) groups is 4. The SMILES string of the molecule is CCCCCCCCCCCCCCCCCCCCC(=O)O[C@H](COC(=O)CCCCCCCCCCCCCC)COP(=O)(O)OC[C@@H](O)COP(=O)(O)OC[C@@H](COC(=O)CCCCCCCCC)OC(=O)CCCCCCCCCCC(C)C. The van der Waals surface area contributed by atoms with Gasteiger partial charge in [0.25, 0.3) is 0 Å². The number of unbranched alkanes of at least 4 members (excludes halogenated alkanes) is 41. The molecule has 19 heteroatoms. The summed E-state index contributed by atoms with van der Waals surface area (Å²) >= 11 is 0. The lowest BCUT2D eigenvalue weighted by Crippen LogP contribution is -2.30. The first kappa shape index (κ1) is 86.1. The Morgan fingerprint density at radius 3 is 0.773 bits per heavy atom. The Morgan fingerprint density at radius 1 is 0.307 bits per heavy atom. The highest BCUT2D eigenvalue weighted by Crippen LogP contribution is 2.45. The van der Waals surface area contributed by atoms with Gasteiger partial charge >= 0.3 is 39.5 Å². The highest BCUT2D eigenvalue weighted by molar-refractivity contribution is 7.47. The number of phosphoric acid groups is 2. The van der Waals surface area contributed by atoms with Crippen LogP contribution < -0.4 is 0 Å². The monoisotopic (exact) mass is 1300 g/mol. The molecule has 0 aliphatic carbocycles. The van der Waals surface area contributed by atoms with E-state index in [2.05, 4.69) is 34.6 Å². The topological polar surface area (TPSA) is 237 Å². The van der Waals surface area contributed by atoms with Crippen LogP contribution in [-0.4, -0.2) is 96.7 Å². The summed E-state index contributed by atoms with van der Waals surface area (Å²) in [7, 11) is -9.89. The van der Waals surface area contributed by atoms with Crippen molar-refractivity contribution in [1.29, 1.82) is 0 Å². The van der Waals surface area contributed by atoms with Crippen molar-refractivity contribution in [2.24, 2.45) is 5.92 Å². The normalized spacial score (nSPS) is 14.1. The second-order valence-electron chi connectivity index (χ2n) is 25.4. The predicted molar refractivity (Wildman–Crippen MR) is 354 cm³/mol. The molecule has 0 aromatic heterocycles. The van der Waals surface area contributed by atoms with Crippen LogP contribution in [0.3, 0.4) is 0 Å². The molecule has 88 heavy (non-hydrogen) atoms. The summed E-state index contributed by atoms with van der Waals surface area (Å²) in [6.07, 6.45) is 48.7. The Bertz CT molecular complexity index is 1700. The molecule has 0 aliphatic rings. The van der Waals surface area contributed by atoms with Crippen LogP contribution >= 0.6 is 15.6 Å². The molecule has 0 heterocycles. The number of aliphatic hydroxyl groups is 1. The summed E-state index contributed by atoms with van der Waals surface area (Å²) in [5.41, 5.74) is 0. The lowest BCUT2D eigenvalue weighted by molar-refractivity contribution is -0.161. The first-order valence-electron chi connectivity index (χ1n) is 36.1. The van der Waals surface area contributed by atoms with E-state index in [0.717, 1.165) is 109 Å². The fourth-order valence-electron chi connectivity index (χ4n) is 10.5. The van der Waals surface area contributed by atoms with Crippen LogP contribution in [0.4, 0.5) is 0 Å². The van der Waals surface area contributed by atoms with Gasteiger partial charge in [0.05, 0.1) is 26.4 Å². The molecule has 0 aliphatic heterocycles. The maximum absolute atomic E-state index is 13.0. The highest BCUT2D eigenvalue weighted by atomic mass is 31.2. The van der Waals surface area contributed by atoms with Gasteiger partial charge in [-0.15, -0.1) is 0 Å². The van der Waals surface area contributed by atoms with E-state index >= 15 is 0 Å². The maximum Gasteiger partial charge on any atom is 0.472 e. The van der Waals surface area contributed by atoms with Crippen molar-refractivity contribution in [3.63, 3.8) is 0 Å². The molecule has 522 valence electrons. The lowest BCUT2D eigenvalue weighted by atomic mass is 10.0. The summed E-state index contributed by atoms with van der Waals surface area (Å²) < 4.78 is 68.1. The number of esters is 4. The number of hydrogen-bond acceptors (Lipinski definition) is 15. The molecule has 0 saturated carbocycles. The Labute approximate surface area is 537 Å². The van der Waals surface area contributed by atoms with Gasteiger partial charge in [-0.2, -0.15) is 0 Å². The third kappa shape index (κ3) is 62.8. The second kappa shape index (κ2) is 62.5. The van der Waals surface area contributed by atoms with E-state index in [-0.39, 0.29) is 25.7 Å². The fourth-order valence-corrected chi connectivity index (χ4v) is 12.0. The average Bonchev–Trinajstić information content (AvgIpc) is 3.58. The highest BCUT2D eigenvalue weighted by Gasteiger charge is 2.30. The Hall–Kier alpha value is -1.94. The minimum absolute atomic E-state index is 0.104. The molecule has 3 N–H and O–H groups in total. The van der Waals surface area contributed by atoms with Crippen LogP contribution in [0.2, 0.25) is 0 Å². The van der Waals surface area contributed by atoms with Crippen molar-refractivity contribution >= 4 is 39.5 Å². The largest absolute Gasteiger partial charge is 0.472 e. The molecular weight excluding hydrogens is 1160 g/mol. The third-order valence-corrected chi connectivity index (χ3v) is 17.9. The Balaban J connectivity index is 5.18. The molecule has 17 nitrogen and oxygen atoms in total. The lowest BCUT2D eigenvalue weighted by Gasteiger charge is -2.21. The van der Waals surface area contributed by atoms with Crippen molar-refractivity contribution in [1.82, 2.24) is 0 Å². The quantitative estimate of drug-likeness (QED) is 0.0222. The number of hydrogen-bond donors (Lipinski definition) is 3. The molecule has 0 aromatic rings. The number of phosphoric ester groups is 2. The zero-order valence-electron chi connectivity index (χ0n) is 56.9. The average molecular weight is 1300 g/mol. The molecule has 0 rings (SSSR count). The maximum atomic E-state index is 13.0. The Kier molecular flexibility index (Phi) is 61.1. The van der Waals surface area contributed by atoms with E-state index in [0.29, 0.717) is 25.7 Å². The first-order chi connectivity index (χ1) is 42.5.